The van der Waals surface area contributed by atoms with Gasteiger partial charge < -0.3 is 14.9 Å². The normalized spacial score (nSPS) is 23.3. The number of alkyl halides is 2. The fourth-order valence-corrected chi connectivity index (χ4v) is 6.93. The molecule has 3 fully saturated rings. The molecule has 1 aliphatic carbocycles. The molecule has 0 radical (unpaired) electrons. The van der Waals surface area contributed by atoms with Crippen molar-refractivity contribution in [3.8, 4) is 0 Å². The highest BCUT2D eigenvalue weighted by Crippen LogP contribution is 2.40. The zero-order valence-electron chi connectivity index (χ0n) is 24.9. The Morgan fingerprint density at radius 3 is 2.50 bits per heavy atom. The molecule has 3 aliphatic rings. The number of anilines is 1. The zero-order chi connectivity index (χ0) is 29.9. The van der Waals surface area contributed by atoms with E-state index >= 15 is 0 Å². The first kappa shape index (κ1) is 30.8. The molecule has 6 nitrogen and oxygen atoms in total. The number of likely N-dealkylation sites (tertiary alicyclic amines) is 2. The molecule has 3 heterocycles. The molecule has 1 N–H and O–H groups in total. The molecule has 0 amide bonds. The molecule has 0 unspecified atom stereocenters. The van der Waals surface area contributed by atoms with Gasteiger partial charge in [-0.25, -0.2) is 18.2 Å². The number of carboxylic acid groups (broad SMARTS) is 1. The maximum atomic E-state index is 14.2. The number of aromatic nitrogens is 1. The standard InChI is InChI=1S/C33H45F3N4O2/c1-33(35,36)27-10-11-31(37-19-27)38(2)14-4-5-23-12-15-39(16-13-23)20-26-21-40(30(32(41)42)17-24-8-9-24)22-29(26)25-6-3-7-28(34)18-25/h3,6-7,10-11,18-19,23-24,26,29-30H,4-5,8-9,12-17,20-22H2,1-2H3,(H,41,42)/t26-,29+,30+/m0/s1. The minimum absolute atomic E-state index is 0.0704. The molecule has 2 saturated heterocycles. The fraction of sp³-hybridized carbons (Fsp3) is 0.636. The number of benzene rings is 1. The van der Waals surface area contributed by atoms with E-state index in [0.29, 0.717) is 30.6 Å². The first-order valence-electron chi connectivity index (χ1n) is 15.6. The molecule has 230 valence electrons. The third-order valence-electron chi connectivity index (χ3n) is 9.68. The lowest BCUT2D eigenvalue weighted by Gasteiger charge is -2.35. The van der Waals surface area contributed by atoms with Crippen LogP contribution in [0.5, 0.6) is 0 Å². The van der Waals surface area contributed by atoms with E-state index in [2.05, 4.69) is 14.8 Å². The summed E-state index contributed by atoms with van der Waals surface area (Å²) in [6.45, 7) is 6.06. The Kier molecular flexibility index (Phi) is 9.77. The van der Waals surface area contributed by atoms with Crippen molar-refractivity contribution in [2.45, 2.75) is 69.8 Å². The average Bonchev–Trinajstić information content (AvgIpc) is 3.69. The molecule has 0 bridgehead atoms. The van der Waals surface area contributed by atoms with Crippen LogP contribution in [-0.4, -0.2) is 78.2 Å². The summed E-state index contributed by atoms with van der Waals surface area (Å²) in [6, 6.07) is 9.52. The number of nitrogens with zero attached hydrogens (tertiary/aromatic N) is 4. The summed E-state index contributed by atoms with van der Waals surface area (Å²) in [6.07, 6.45) is 8.63. The average molecular weight is 587 g/mol. The zero-order valence-corrected chi connectivity index (χ0v) is 24.9. The lowest BCUT2D eigenvalue weighted by molar-refractivity contribution is -0.143. The van der Waals surface area contributed by atoms with E-state index in [1.165, 1.54) is 18.3 Å². The van der Waals surface area contributed by atoms with Gasteiger partial charge in [0.2, 0.25) is 0 Å². The van der Waals surface area contributed by atoms with Crippen molar-refractivity contribution in [2.24, 2.45) is 17.8 Å². The topological polar surface area (TPSA) is 59.9 Å². The van der Waals surface area contributed by atoms with Gasteiger partial charge in [-0.05, 0) is 92.8 Å². The molecule has 42 heavy (non-hydrogen) atoms. The molecular formula is C33H45F3N4O2. The maximum absolute atomic E-state index is 14.2. The van der Waals surface area contributed by atoms with Crippen LogP contribution in [0.4, 0.5) is 19.0 Å². The van der Waals surface area contributed by atoms with Crippen LogP contribution < -0.4 is 4.90 Å². The molecular weight excluding hydrogens is 541 g/mol. The van der Waals surface area contributed by atoms with Crippen LogP contribution in [0.2, 0.25) is 0 Å². The summed E-state index contributed by atoms with van der Waals surface area (Å²) in [5, 5.41) is 10.0. The number of hydrogen-bond acceptors (Lipinski definition) is 5. The van der Waals surface area contributed by atoms with Crippen LogP contribution in [0, 0.1) is 23.6 Å². The number of carbonyl (C=O) groups is 1. The van der Waals surface area contributed by atoms with E-state index in [9.17, 15) is 23.1 Å². The molecule has 1 aromatic carbocycles. The van der Waals surface area contributed by atoms with Crippen molar-refractivity contribution < 1.29 is 23.1 Å². The second-order valence-electron chi connectivity index (χ2n) is 13.0. The molecule has 2 aliphatic heterocycles. The lowest BCUT2D eigenvalue weighted by atomic mass is 9.87. The van der Waals surface area contributed by atoms with Gasteiger partial charge in [0.25, 0.3) is 5.92 Å². The molecule has 1 aromatic heterocycles. The van der Waals surface area contributed by atoms with E-state index in [1.807, 2.05) is 18.0 Å². The van der Waals surface area contributed by atoms with Crippen molar-refractivity contribution in [3.05, 3.63) is 59.5 Å². The highest BCUT2D eigenvalue weighted by atomic mass is 19.3. The molecule has 0 spiro atoms. The number of piperidine rings is 1. The van der Waals surface area contributed by atoms with Crippen molar-refractivity contribution in [3.63, 3.8) is 0 Å². The Morgan fingerprint density at radius 2 is 1.88 bits per heavy atom. The van der Waals surface area contributed by atoms with Crippen molar-refractivity contribution in [1.82, 2.24) is 14.8 Å². The first-order valence-corrected chi connectivity index (χ1v) is 15.6. The van der Waals surface area contributed by atoms with Crippen LogP contribution in [-0.2, 0) is 10.7 Å². The predicted octanol–water partition coefficient (Wildman–Crippen LogP) is 6.23. The molecule has 3 atom stereocenters. The van der Waals surface area contributed by atoms with Gasteiger partial charge in [-0.2, -0.15) is 0 Å². The van der Waals surface area contributed by atoms with Crippen LogP contribution in [0.3, 0.4) is 0 Å². The van der Waals surface area contributed by atoms with Crippen molar-refractivity contribution in [1.29, 1.82) is 0 Å². The van der Waals surface area contributed by atoms with Gasteiger partial charge in [0, 0.05) is 57.8 Å². The SMILES string of the molecule is CN(CCCC1CCN(C[C@H]2CN([C@H](CC3CC3)C(=O)O)C[C@@H]2c2cccc(F)c2)CC1)c1ccc(C(C)(F)F)cn1. The van der Waals surface area contributed by atoms with Crippen molar-refractivity contribution >= 4 is 11.8 Å². The van der Waals surface area contributed by atoms with Gasteiger partial charge in [-0.3, -0.25) is 9.69 Å². The van der Waals surface area contributed by atoms with Gasteiger partial charge in [-0.15, -0.1) is 0 Å². The summed E-state index contributed by atoms with van der Waals surface area (Å²) < 4.78 is 41.1. The Labute approximate surface area is 247 Å². The van der Waals surface area contributed by atoms with E-state index in [-0.39, 0.29) is 23.2 Å². The molecule has 1 saturated carbocycles. The molecule has 9 heteroatoms. The Bertz CT molecular complexity index is 1180. The largest absolute Gasteiger partial charge is 0.480 e. The summed E-state index contributed by atoms with van der Waals surface area (Å²) in [4.78, 5) is 23.1. The summed E-state index contributed by atoms with van der Waals surface area (Å²) >= 11 is 0. The number of hydrogen-bond donors (Lipinski definition) is 1. The number of aliphatic carboxylic acids is 1. The first-order chi connectivity index (χ1) is 20.1. The van der Waals surface area contributed by atoms with Crippen LogP contribution in [0.1, 0.15) is 68.9 Å². The van der Waals surface area contributed by atoms with E-state index in [0.717, 1.165) is 83.7 Å². The van der Waals surface area contributed by atoms with E-state index in [1.54, 1.807) is 18.2 Å². The quantitative estimate of drug-likeness (QED) is 0.300. The maximum Gasteiger partial charge on any atom is 0.320 e. The Hall–Kier alpha value is -2.65. The van der Waals surface area contributed by atoms with Gasteiger partial charge >= 0.3 is 5.97 Å². The summed E-state index contributed by atoms with van der Waals surface area (Å²) in [5.41, 5.74) is 0.906. The number of halogens is 3. The molecule has 2 aromatic rings. The molecule has 5 rings (SSSR count). The number of pyridine rings is 1. The second kappa shape index (κ2) is 13.3. The lowest BCUT2D eigenvalue weighted by Crippen LogP contribution is -2.41. The van der Waals surface area contributed by atoms with E-state index in [4.69, 9.17) is 0 Å². The smallest absolute Gasteiger partial charge is 0.320 e. The third-order valence-corrected chi connectivity index (χ3v) is 9.68. The van der Waals surface area contributed by atoms with Gasteiger partial charge in [-0.1, -0.05) is 25.0 Å². The van der Waals surface area contributed by atoms with E-state index < -0.39 is 17.9 Å². The minimum Gasteiger partial charge on any atom is -0.480 e. The van der Waals surface area contributed by atoms with Crippen LogP contribution >= 0.6 is 0 Å². The number of rotatable bonds is 13. The Balaban J connectivity index is 1.11. The third kappa shape index (κ3) is 8.04. The van der Waals surface area contributed by atoms with Crippen LogP contribution in [0.25, 0.3) is 0 Å². The predicted molar refractivity (Wildman–Crippen MR) is 158 cm³/mol. The van der Waals surface area contributed by atoms with Crippen LogP contribution in [0.15, 0.2) is 42.6 Å². The highest BCUT2D eigenvalue weighted by Gasteiger charge is 2.42. The minimum atomic E-state index is -2.88. The fourth-order valence-electron chi connectivity index (χ4n) is 6.93. The van der Waals surface area contributed by atoms with Crippen molar-refractivity contribution in [2.75, 3.05) is 51.2 Å². The van der Waals surface area contributed by atoms with Gasteiger partial charge in [0.1, 0.15) is 17.7 Å². The summed E-state index contributed by atoms with van der Waals surface area (Å²) in [5.74, 6) is -1.57. The second-order valence-corrected chi connectivity index (χ2v) is 13.0. The van der Waals surface area contributed by atoms with Gasteiger partial charge in [0.05, 0.1) is 0 Å². The monoisotopic (exact) mass is 586 g/mol. The highest BCUT2D eigenvalue weighted by molar-refractivity contribution is 5.73. The van der Waals surface area contributed by atoms with Gasteiger partial charge in [0.15, 0.2) is 0 Å². The number of carboxylic acids is 1. The Morgan fingerprint density at radius 1 is 1.12 bits per heavy atom. The summed E-state index contributed by atoms with van der Waals surface area (Å²) in [7, 11) is 1.95.